The molecule has 261 valence electrons. The van der Waals surface area contributed by atoms with Crippen LogP contribution in [0.3, 0.4) is 0 Å². The van der Waals surface area contributed by atoms with E-state index in [1.807, 2.05) is 0 Å². The van der Waals surface area contributed by atoms with E-state index >= 15 is 0 Å². The molecular formula is C40H57Cl3N3V-3. The molecule has 1 aromatic heterocycles. The molecule has 0 fully saturated rings. The second kappa shape index (κ2) is 24.5. The van der Waals surface area contributed by atoms with E-state index in [0.717, 1.165) is 98.4 Å². The van der Waals surface area contributed by atoms with Crippen LogP contribution in [0.25, 0.3) is 0 Å². The molecule has 0 aliphatic carbocycles. The number of aryl methyl sites for hydroxylation is 7. The molecule has 3 nitrogen and oxygen atoms in total. The molecule has 3 rings (SSSR count). The monoisotopic (exact) mass is 735 g/mol. The average molecular weight is 737 g/mol. The summed E-state index contributed by atoms with van der Waals surface area (Å²) in [5, 5.41) is 0. The van der Waals surface area contributed by atoms with Crippen LogP contribution < -0.4 is 37.2 Å². The molecule has 2 aromatic carbocycles. The van der Waals surface area contributed by atoms with Gasteiger partial charge in [-0.2, -0.15) is 0 Å². The molecule has 1 heterocycles. The number of pyridine rings is 1. The van der Waals surface area contributed by atoms with E-state index in [-0.39, 0.29) is 55.8 Å². The number of aliphatic imine (C=N–C) groups is 2. The molecule has 0 amide bonds. The summed E-state index contributed by atoms with van der Waals surface area (Å²) in [6, 6.07) is 13.9. The van der Waals surface area contributed by atoms with Gasteiger partial charge >= 0.3 is 0 Å². The number of nitrogens with zero attached hydrogens (tertiary/aromatic N) is 3. The molecule has 1 radical (unpaired) electrons. The normalized spacial score (nSPS) is 11.3. The van der Waals surface area contributed by atoms with Crippen molar-refractivity contribution in [2.75, 3.05) is 0 Å². The zero-order valence-corrected chi connectivity index (χ0v) is 34.0. The Balaban J connectivity index is 0. The summed E-state index contributed by atoms with van der Waals surface area (Å²) >= 11 is 0. The Morgan fingerprint density at radius 3 is 1.02 bits per heavy atom. The summed E-state index contributed by atoms with van der Waals surface area (Å²) < 4.78 is 0. The Labute approximate surface area is 317 Å². The van der Waals surface area contributed by atoms with Crippen LogP contribution in [0.5, 0.6) is 0 Å². The van der Waals surface area contributed by atoms with E-state index in [4.69, 9.17) is 15.0 Å². The first-order valence-electron chi connectivity index (χ1n) is 17.2. The quantitative estimate of drug-likeness (QED) is 0.209. The van der Waals surface area contributed by atoms with E-state index in [1.54, 1.807) is 0 Å². The van der Waals surface area contributed by atoms with Gasteiger partial charge in [0.2, 0.25) is 0 Å². The largest absolute Gasteiger partial charge is 1.00 e. The maximum atomic E-state index is 5.31. The SMILES string of the molecule is CCCc1cc(CCC)c(N=C(C)c2cc(C)cc(C(C)=Nc3c(CCC)cc(CCC)cc3CCC)n2)c(CCC)c1.[Cl-].[Cl-].[Cl-].[V]. The first-order chi connectivity index (χ1) is 20.8. The number of aromatic nitrogens is 1. The summed E-state index contributed by atoms with van der Waals surface area (Å²) in [7, 11) is 0. The molecule has 0 N–H and O–H groups in total. The van der Waals surface area contributed by atoms with E-state index < -0.39 is 0 Å². The topological polar surface area (TPSA) is 37.6 Å². The van der Waals surface area contributed by atoms with Crippen molar-refractivity contribution in [1.29, 1.82) is 0 Å². The molecular weight excluding hydrogens is 680 g/mol. The summed E-state index contributed by atoms with van der Waals surface area (Å²) in [5.74, 6) is 0. The molecule has 7 heteroatoms. The van der Waals surface area contributed by atoms with Crippen LogP contribution in [0.4, 0.5) is 11.4 Å². The van der Waals surface area contributed by atoms with Crippen molar-refractivity contribution in [3.63, 3.8) is 0 Å². The van der Waals surface area contributed by atoms with Crippen LogP contribution >= 0.6 is 0 Å². The van der Waals surface area contributed by atoms with Crippen molar-refractivity contribution in [1.82, 2.24) is 4.98 Å². The smallest absolute Gasteiger partial charge is 0.0852 e. The van der Waals surface area contributed by atoms with Crippen LogP contribution in [0.1, 0.15) is 144 Å². The first kappa shape index (κ1) is 47.5. The first-order valence-corrected chi connectivity index (χ1v) is 17.2. The van der Waals surface area contributed by atoms with Gasteiger partial charge in [-0.25, -0.2) is 4.98 Å². The van der Waals surface area contributed by atoms with Gasteiger partial charge in [0.15, 0.2) is 0 Å². The van der Waals surface area contributed by atoms with Crippen molar-refractivity contribution in [3.05, 3.63) is 86.7 Å². The number of hydrogen-bond acceptors (Lipinski definition) is 3. The predicted octanol–water partition coefficient (Wildman–Crippen LogP) is 2.40. The van der Waals surface area contributed by atoms with Gasteiger partial charge in [0.05, 0.1) is 34.2 Å². The zero-order chi connectivity index (χ0) is 31.4. The van der Waals surface area contributed by atoms with Crippen LogP contribution in [0, 0.1) is 6.92 Å². The molecule has 0 aliphatic rings. The third-order valence-corrected chi connectivity index (χ3v) is 8.08. The minimum atomic E-state index is 0. The Hall–Kier alpha value is -1.62. The van der Waals surface area contributed by atoms with Crippen molar-refractivity contribution >= 4 is 22.8 Å². The number of rotatable bonds is 16. The minimum Gasteiger partial charge on any atom is -1.00 e. The molecule has 3 aromatic rings. The molecule has 0 bridgehead atoms. The van der Waals surface area contributed by atoms with Crippen molar-refractivity contribution in [2.24, 2.45) is 9.98 Å². The van der Waals surface area contributed by atoms with E-state index in [0.29, 0.717) is 0 Å². The van der Waals surface area contributed by atoms with Gasteiger partial charge in [0.25, 0.3) is 0 Å². The second-order valence-electron chi connectivity index (χ2n) is 12.3. The Morgan fingerprint density at radius 1 is 0.489 bits per heavy atom. The van der Waals surface area contributed by atoms with Gasteiger partial charge in [-0.3, -0.25) is 9.98 Å². The summed E-state index contributed by atoms with van der Waals surface area (Å²) in [5.41, 5.74) is 15.7. The zero-order valence-electron chi connectivity index (χ0n) is 30.4. The van der Waals surface area contributed by atoms with E-state index in [9.17, 15) is 0 Å². The molecule has 0 saturated heterocycles. The third-order valence-electron chi connectivity index (χ3n) is 8.08. The average Bonchev–Trinajstić information content (AvgIpc) is 2.97. The Bertz CT molecular complexity index is 1270. The minimum absolute atomic E-state index is 0. The van der Waals surface area contributed by atoms with E-state index in [1.165, 1.54) is 51.8 Å². The molecule has 0 atom stereocenters. The number of benzene rings is 2. The second-order valence-corrected chi connectivity index (χ2v) is 12.3. The van der Waals surface area contributed by atoms with Crippen LogP contribution in [-0.2, 0) is 57.1 Å². The third kappa shape index (κ3) is 13.7. The standard InChI is InChI=1S/C40H57N3.3ClH.V/c1-10-16-31-24-33(18-12-3)39(34(25-31)19-13-4)41-29(8)37-22-28(7)23-38(43-37)30(9)42-40-35(20-14-5)26-32(17-11-2)27-36(40)21-15-6;;;;/h22-27H,10-21H2,1-9H3;3*1H;/p-3. The summed E-state index contributed by atoms with van der Waals surface area (Å²) in [6.07, 6.45) is 13.2. The fourth-order valence-corrected chi connectivity index (χ4v) is 6.15. The van der Waals surface area contributed by atoms with Crippen molar-refractivity contribution < 1.29 is 55.8 Å². The fraction of sp³-hybridized carbons (Fsp3) is 0.525. The maximum Gasteiger partial charge on any atom is 0.0852 e. The summed E-state index contributed by atoms with van der Waals surface area (Å²) in [4.78, 5) is 15.8. The van der Waals surface area contributed by atoms with Gasteiger partial charge < -0.3 is 37.2 Å². The fourth-order valence-electron chi connectivity index (χ4n) is 6.15. The Morgan fingerprint density at radius 2 is 0.766 bits per heavy atom. The van der Waals surface area contributed by atoms with Gasteiger partial charge in [-0.05, 0) is 110 Å². The summed E-state index contributed by atoms with van der Waals surface area (Å²) in [6.45, 7) is 20.0. The molecule has 47 heavy (non-hydrogen) atoms. The molecule has 0 spiro atoms. The van der Waals surface area contributed by atoms with Crippen LogP contribution in [0.2, 0.25) is 0 Å². The molecule has 0 unspecified atom stereocenters. The number of hydrogen-bond donors (Lipinski definition) is 0. The van der Waals surface area contributed by atoms with Crippen molar-refractivity contribution in [3.8, 4) is 0 Å². The van der Waals surface area contributed by atoms with Crippen molar-refractivity contribution in [2.45, 2.75) is 139 Å². The van der Waals surface area contributed by atoms with Gasteiger partial charge in [0, 0.05) is 18.6 Å². The number of halogens is 3. The maximum absolute atomic E-state index is 5.31. The predicted molar refractivity (Wildman–Crippen MR) is 190 cm³/mol. The van der Waals surface area contributed by atoms with Gasteiger partial charge in [-0.1, -0.05) is 104 Å². The van der Waals surface area contributed by atoms with Crippen LogP contribution in [0.15, 0.2) is 46.4 Å². The van der Waals surface area contributed by atoms with Gasteiger partial charge in [-0.15, -0.1) is 0 Å². The molecule has 0 aliphatic heterocycles. The molecule has 0 saturated carbocycles. The van der Waals surface area contributed by atoms with Gasteiger partial charge in [0.1, 0.15) is 0 Å². The Kier molecular flexibility index (Phi) is 24.8. The van der Waals surface area contributed by atoms with Crippen LogP contribution in [-0.4, -0.2) is 16.4 Å². The van der Waals surface area contributed by atoms with E-state index in [2.05, 4.69) is 98.7 Å².